The average molecular weight is 164 g/mol. The molecule has 0 fully saturated rings. The summed E-state index contributed by atoms with van der Waals surface area (Å²) >= 11 is 0. The molecule has 1 aromatic carbocycles. The third kappa shape index (κ3) is 2.31. The fourth-order valence-corrected chi connectivity index (χ4v) is 0.797. The lowest BCUT2D eigenvalue weighted by atomic mass is 10.2. The Bertz CT molecular complexity index is 301. The van der Waals surface area contributed by atoms with Gasteiger partial charge in [-0.2, -0.15) is 0 Å². The molecule has 0 N–H and O–H groups in total. The van der Waals surface area contributed by atoms with Crippen LogP contribution in [0.1, 0.15) is 12.5 Å². The summed E-state index contributed by atoms with van der Waals surface area (Å²) in [5.74, 6) is -1.25. The van der Waals surface area contributed by atoms with Crippen LogP contribution in [0.3, 0.4) is 0 Å². The van der Waals surface area contributed by atoms with Crippen molar-refractivity contribution in [2.75, 3.05) is 0 Å². The molecule has 0 aliphatic carbocycles. The highest BCUT2D eigenvalue weighted by Gasteiger charge is 1.99. The second kappa shape index (κ2) is 3.81. The molecule has 0 saturated heterocycles. The fraction of sp³-hybridized carbons (Fsp3) is 0.100. The number of allylic oxidation sites excluding steroid dienone is 1. The normalized spacial score (nSPS) is 11.3. The maximum Gasteiger partial charge on any atom is 0.188 e. The van der Waals surface area contributed by atoms with E-state index in [4.69, 9.17) is 0 Å². The molecule has 0 atom stereocenters. The summed E-state index contributed by atoms with van der Waals surface area (Å²) in [5, 5.41) is 0. The topological polar surface area (TPSA) is 17.1 Å². The number of rotatable bonds is 2. The number of halogens is 1. The second-order valence-electron chi connectivity index (χ2n) is 2.46. The van der Waals surface area contributed by atoms with Gasteiger partial charge in [0, 0.05) is 6.92 Å². The summed E-state index contributed by atoms with van der Waals surface area (Å²) in [6.07, 6.45) is 1.22. The minimum Gasteiger partial charge on any atom is -0.292 e. The van der Waals surface area contributed by atoms with Crippen LogP contribution in [-0.4, -0.2) is 5.78 Å². The first-order valence-electron chi connectivity index (χ1n) is 3.63. The highest BCUT2D eigenvalue weighted by atomic mass is 19.1. The molecule has 0 radical (unpaired) electrons. The van der Waals surface area contributed by atoms with Gasteiger partial charge in [0.1, 0.15) is 0 Å². The molecule has 0 aromatic heterocycles. The van der Waals surface area contributed by atoms with Crippen LogP contribution < -0.4 is 0 Å². The number of ketones is 1. The SMILES string of the molecule is CC(=O)/C(F)=C/c1ccccc1. The van der Waals surface area contributed by atoms with Gasteiger partial charge in [0.05, 0.1) is 0 Å². The van der Waals surface area contributed by atoms with Crippen molar-refractivity contribution >= 4 is 11.9 Å². The molecular formula is C10H9FO. The van der Waals surface area contributed by atoms with Gasteiger partial charge >= 0.3 is 0 Å². The maximum atomic E-state index is 12.7. The number of hydrogen-bond acceptors (Lipinski definition) is 1. The molecule has 0 amide bonds. The van der Waals surface area contributed by atoms with E-state index in [2.05, 4.69) is 0 Å². The molecule has 1 rings (SSSR count). The Morgan fingerprint density at radius 3 is 2.42 bits per heavy atom. The van der Waals surface area contributed by atoms with Crippen LogP contribution in [0.5, 0.6) is 0 Å². The molecule has 1 aromatic rings. The third-order valence-electron chi connectivity index (χ3n) is 1.43. The van der Waals surface area contributed by atoms with Crippen molar-refractivity contribution in [3.8, 4) is 0 Å². The van der Waals surface area contributed by atoms with Crippen LogP contribution in [0.15, 0.2) is 36.2 Å². The van der Waals surface area contributed by atoms with Crippen LogP contribution in [0.25, 0.3) is 6.08 Å². The largest absolute Gasteiger partial charge is 0.292 e. The lowest BCUT2D eigenvalue weighted by Gasteiger charge is -1.91. The average Bonchev–Trinajstić information content (AvgIpc) is 2.06. The van der Waals surface area contributed by atoms with Crippen molar-refractivity contribution in [1.29, 1.82) is 0 Å². The summed E-state index contributed by atoms with van der Waals surface area (Å²) < 4.78 is 12.7. The van der Waals surface area contributed by atoms with E-state index in [1.165, 1.54) is 13.0 Å². The Hall–Kier alpha value is -1.44. The molecule has 2 heteroatoms. The Balaban J connectivity index is 2.89. The van der Waals surface area contributed by atoms with Crippen LogP contribution in [-0.2, 0) is 4.79 Å². The zero-order valence-electron chi connectivity index (χ0n) is 6.75. The highest BCUT2D eigenvalue weighted by Crippen LogP contribution is 2.07. The van der Waals surface area contributed by atoms with Crippen LogP contribution in [0, 0.1) is 0 Å². The van der Waals surface area contributed by atoms with E-state index in [9.17, 15) is 9.18 Å². The summed E-state index contributed by atoms with van der Waals surface area (Å²) in [5.41, 5.74) is 0.699. The third-order valence-corrected chi connectivity index (χ3v) is 1.43. The van der Waals surface area contributed by atoms with Crippen molar-refractivity contribution in [2.24, 2.45) is 0 Å². The van der Waals surface area contributed by atoms with E-state index in [1.807, 2.05) is 6.07 Å². The molecule has 12 heavy (non-hydrogen) atoms. The first-order chi connectivity index (χ1) is 5.70. The van der Waals surface area contributed by atoms with Gasteiger partial charge in [-0.05, 0) is 11.6 Å². The first kappa shape index (κ1) is 8.65. The van der Waals surface area contributed by atoms with E-state index < -0.39 is 11.6 Å². The Morgan fingerprint density at radius 2 is 1.92 bits per heavy atom. The molecule has 0 spiro atoms. The minimum atomic E-state index is -0.707. The van der Waals surface area contributed by atoms with Gasteiger partial charge in [0.15, 0.2) is 11.6 Å². The molecule has 62 valence electrons. The standard InChI is InChI=1S/C10H9FO/c1-8(12)10(11)7-9-5-3-2-4-6-9/h2-7H,1H3/b10-7-. The monoisotopic (exact) mass is 164 g/mol. The van der Waals surface area contributed by atoms with Crippen molar-refractivity contribution in [2.45, 2.75) is 6.92 Å². The smallest absolute Gasteiger partial charge is 0.188 e. The number of carbonyl (C=O) groups is 1. The number of carbonyl (C=O) groups excluding carboxylic acids is 1. The lowest BCUT2D eigenvalue weighted by Crippen LogP contribution is -1.88. The van der Waals surface area contributed by atoms with Crippen molar-refractivity contribution in [1.82, 2.24) is 0 Å². The Labute approximate surface area is 70.5 Å². The summed E-state index contributed by atoms with van der Waals surface area (Å²) in [4.78, 5) is 10.5. The van der Waals surface area contributed by atoms with E-state index in [0.717, 1.165) is 0 Å². The fourth-order valence-electron chi connectivity index (χ4n) is 0.797. The van der Waals surface area contributed by atoms with Gasteiger partial charge in [-0.3, -0.25) is 4.79 Å². The van der Waals surface area contributed by atoms with Gasteiger partial charge in [-0.25, -0.2) is 4.39 Å². The first-order valence-corrected chi connectivity index (χ1v) is 3.63. The summed E-state index contributed by atoms with van der Waals surface area (Å²) in [7, 11) is 0. The molecule has 1 nitrogen and oxygen atoms in total. The van der Waals surface area contributed by atoms with E-state index in [-0.39, 0.29) is 0 Å². The zero-order chi connectivity index (χ0) is 8.97. The number of hydrogen-bond donors (Lipinski definition) is 0. The van der Waals surface area contributed by atoms with E-state index in [1.54, 1.807) is 24.3 Å². The van der Waals surface area contributed by atoms with Gasteiger partial charge in [0.2, 0.25) is 0 Å². The predicted octanol–water partition coefficient (Wildman–Crippen LogP) is 2.59. The maximum absolute atomic E-state index is 12.7. The molecule has 0 saturated carbocycles. The Morgan fingerprint density at radius 1 is 1.33 bits per heavy atom. The predicted molar refractivity (Wildman–Crippen MR) is 46.2 cm³/mol. The Kier molecular flexibility index (Phi) is 2.75. The summed E-state index contributed by atoms with van der Waals surface area (Å²) in [6.45, 7) is 1.20. The highest BCUT2D eigenvalue weighted by molar-refractivity contribution is 5.95. The van der Waals surface area contributed by atoms with E-state index >= 15 is 0 Å². The minimum absolute atomic E-state index is 0.543. The van der Waals surface area contributed by atoms with Crippen LogP contribution >= 0.6 is 0 Å². The molecule has 0 heterocycles. The molecule has 0 unspecified atom stereocenters. The lowest BCUT2D eigenvalue weighted by molar-refractivity contribution is -0.114. The van der Waals surface area contributed by atoms with Gasteiger partial charge < -0.3 is 0 Å². The number of Topliss-reactive ketones (excluding diaryl/α,β-unsaturated/α-hetero) is 1. The molecular weight excluding hydrogens is 155 g/mol. The summed E-state index contributed by atoms with van der Waals surface area (Å²) in [6, 6.07) is 8.90. The van der Waals surface area contributed by atoms with Crippen LogP contribution in [0.2, 0.25) is 0 Å². The van der Waals surface area contributed by atoms with Crippen molar-refractivity contribution in [3.05, 3.63) is 41.7 Å². The second-order valence-corrected chi connectivity index (χ2v) is 2.46. The molecule has 0 aliphatic heterocycles. The zero-order valence-corrected chi connectivity index (χ0v) is 6.75. The van der Waals surface area contributed by atoms with Crippen molar-refractivity contribution in [3.63, 3.8) is 0 Å². The molecule has 0 aliphatic rings. The van der Waals surface area contributed by atoms with Gasteiger partial charge in [0.25, 0.3) is 0 Å². The molecule has 0 bridgehead atoms. The van der Waals surface area contributed by atoms with Gasteiger partial charge in [-0.1, -0.05) is 30.3 Å². The number of benzene rings is 1. The van der Waals surface area contributed by atoms with Crippen molar-refractivity contribution < 1.29 is 9.18 Å². The quantitative estimate of drug-likeness (QED) is 0.614. The van der Waals surface area contributed by atoms with E-state index in [0.29, 0.717) is 5.56 Å². The van der Waals surface area contributed by atoms with Gasteiger partial charge in [-0.15, -0.1) is 0 Å². The van der Waals surface area contributed by atoms with Crippen LogP contribution in [0.4, 0.5) is 4.39 Å².